The molecule has 0 fully saturated rings. The maximum Gasteiger partial charge on any atom is 0.332 e. The molecule has 0 radical (unpaired) electrons. The molecular formula is C21H23ClN6O3. The molecule has 0 spiro atoms. The Kier molecular flexibility index (Phi) is 6.31. The van der Waals surface area contributed by atoms with Crippen LogP contribution >= 0.6 is 11.6 Å². The van der Waals surface area contributed by atoms with Crippen molar-refractivity contribution in [1.82, 2.24) is 29.2 Å². The number of benzene rings is 1. The van der Waals surface area contributed by atoms with Crippen LogP contribution in [0.3, 0.4) is 0 Å². The van der Waals surface area contributed by atoms with Crippen LogP contribution in [0.25, 0.3) is 11.2 Å². The first-order chi connectivity index (χ1) is 15.1. The molecule has 4 rings (SSSR count). The van der Waals surface area contributed by atoms with Gasteiger partial charge in [0.15, 0.2) is 17.0 Å². The number of unbranched alkanes of at least 4 members (excludes halogenated alkanes) is 1. The van der Waals surface area contributed by atoms with Crippen LogP contribution in [-0.4, -0.2) is 29.2 Å². The third-order valence-electron chi connectivity index (χ3n) is 5.11. The summed E-state index contributed by atoms with van der Waals surface area (Å²) < 4.78 is 7.97. The van der Waals surface area contributed by atoms with Gasteiger partial charge in [0.05, 0.1) is 0 Å². The smallest absolute Gasteiger partial charge is 0.332 e. The Morgan fingerprint density at radius 2 is 1.84 bits per heavy atom. The van der Waals surface area contributed by atoms with Crippen LogP contribution in [0.2, 0.25) is 5.28 Å². The number of aryl methyl sites for hydroxylation is 4. The predicted molar refractivity (Wildman–Crippen MR) is 116 cm³/mol. The molecule has 0 aliphatic rings. The second kappa shape index (κ2) is 9.30. The van der Waals surface area contributed by atoms with Crippen molar-refractivity contribution in [2.75, 3.05) is 0 Å². The molecule has 0 saturated carbocycles. The fraction of sp³-hybridized carbons (Fsp3) is 0.381. The van der Waals surface area contributed by atoms with Crippen LogP contribution in [0.15, 0.2) is 44.4 Å². The van der Waals surface area contributed by atoms with Gasteiger partial charge in [0.2, 0.25) is 11.2 Å². The van der Waals surface area contributed by atoms with E-state index in [-0.39, 0.29) is 29.4 Å². The van der Waals surface area contributed by atoms with Gasteiger partial charge in [-0.25, -0.2) is 4.79 Å². The maximum absolute atomic E-state index is 13.0. The SMILES string of the molecule is CCCCn1c(=O)n(CCc2nc(CCc3ccccc3)no2)c(=O)c2[nH]c(Cl)nc21. The second-order valence-corrected chi connectivity index (χ2v) is 7.67. The highest BCUT2D eigenvalue weighted by molar-refractivity contribution is 6.28. The number of H-pyrrole nitrogens is 1. The lowest BCUT2D eigenvalue weighted by Gasteiger charge is -2.10. The number of nitrogens with one attached hydrogen (secondary N) is 1. The summed E-state index contributed by atoms with van der Waals surface area (Å²) in [5.74, 6) is 0.986. The molecule has 31 heavy (non-hydrogen) atoms. The van der Waals surface area contributed by atoms with Crippen molar-refractivity contribution in [2.24, 2.45) is 0 Å². The molecule has 0 aliphatic heterocycles. The summed E-state index contributed by atoms with van der Waals surface area (Å²) in [5.41, 5.74) is 0.814. The van der Waals surface area contributed by atoms with E-state index in [1.54, 1.807) is 0 Å². The quantitative estimate of drug-likeness (QED) is 0.399. The number of hydrogen-bond donors (Lipinski definition) is 1. The highest BCUT2D eigenvalue weighted by atomic mass is 35.5. The largest absolute Gasteiger partial charge is 0.339 e. The molecule has 0 atom stereocenters. The number of rotatable bonds is 9. The molecular weight excluding hydrogens is 420 g/mol. The van der Waals surface area contributed by atoms with Crippen molar-refractivity contribution in [3.05, 3.63) is 73.7 Å². The zero-order valence-electron chi connectivity index (χ0n) is 17.2. The molecule has 3 aromatic heterocycles. The number of aromatic amines is 1. The van der Waals surface area contributed by atoms with Crippen molar-refractivity contribution in [1.29, 1.82) is 0 Å². The van der Waals surface area contributed by atoms with Crippen LogP contribution in [0.5, 0.6) is 0 Å². The van der Waals surface area contributed by atoms with E-state index in [1.165, 1.54) is 14.7 Å². The summed E-state index contributed by atoms with van der Waals surface area (Å²) in [7, 11) is 0. The zero-order chi connectivity index (χ0) is 21.8. The van der Waals surface area contributed by atoms with Crippen LogP contribution < -0.4 is 11.2 Å². The number of aromatic nitrogens is 6. The summed E-state index contributed by atoms with van der Waals surface area (Å²) in [6, 6.07) is 10.1. The monoisotopic (exact) mass is 442 g/mol. The first kappa shape index (κ1) is 21.0. The van der Waals surface area contributed by atoms with E-state index in [9.17, 15) is 9.59 Å². The lowest BCUT2D eigenvalue weighted by atomic mass is 10.1. The minimum atomic E-state index is -0.462. The van der Waals surface area contributed by atoms with E-state index in [0.29, 0.717) is 24.7 Å². The number of hydrogen-bond acceptors (Lipinski definition) is 6. The maximum atomic E-state index is 13.0. The van der Waals surface area contributed by atoms with Crippen LogP contribution in [0.1, 0.15) is 37.0 Å². The first-order valence-corrected chi connectivity index (χ1v) is 10.7. The second-order valence-electron chi connectivity index (χ2n) is 7.31. The summed E-state index contributed by atoms with van der Waals surface area (Å²) in [5, 5.41) is 4.09. The molecule has 0 aliphatic carbocycles. The molecule has 0 bridgehead atoms. The Morgan fingerprint density at radius 1 is 1.03 bits per heavy atom. The average molecular weight is 443 g/mol. The van der Waals surface area contributed by atoms with Crippen molar-refractivity contribution in [3.63, 3.8) is 0 Å². The van der Waals surface area contributed by atoms with Crippen molar-refractivity contribution < 1.29 is 4.52 Å². The average Bonchev–Trinajstić information content (AvgIpc) is 3.39. The Balaban J connectivity index is 1.52. The van der Waals surface area contributed by atoms with Gasteiger partial charge in [0, 0.05) is 25.9 Å². The van der Waals surface area contributed by atoms with Crippen LogP contribution in [0, 0.1) is 0 Å². The lowest BCUT2D eigenvalue weighted by Crippen LogP contribution is -2.40. The highest BCUT2D eigenvalue weighted by Crippen LogP contribution is 2.11. The molecule has 1 N–H and O–H groups in total. The predicted octanol–water partition coefficient (Wildman–Crippen LogP) is 2.75. The fourth-order valence-corrected chi connectivity index (χ4v) is 3.63. The molecule has 1 aromatic carbocycles. The standard InChI is InChI=1S/C21H23ClN6O3/c1-2-3-12-27-18-17(24-20(22)25-18)19(29)28(21(27)30)13-11-16-23-15(26-31-16)10-9-14-7-5-4-6-8-14/h4-8H,2-3,9-13H2,1H3,(H,24,25). The summed E-state index contributed by atoms with van der Waals surface area (Å²) in [4.78, 5) is 37.1. The Morgan fingerprint density at radius 3 is 2.61 bits per heavy atom. The number of fused-ring (bicyclic) bond motifs is 1. The minimum Gasteiger partial charge on any atom is -0.339 e. The van der Waals surface area contributed by atoms with Crippen LogP contribution in [-0.2, 0) is 32.4 Å². The van der Waals surface area contributed by atoms with Crippen molar-refractivity contribution >= 4 is 22.8 Å². The van der Waals surface area contributed by atoms with Gasteiger partial charge in [-0.1, -0.05) is 48.8 Å². The van der Waals surface area contributed by atoms with E-state index in [4.69, 9.17) is 16.1 Å². The van der Waals surface area contributed by atoms with Gasteiger partial charge in [-0.3, -0.25) is 13.9 Å². The molecule has 0 amide bonds. The molecule has 4 aromatic rings. The molecule has 0 unspecified atom stereocenters. The van der Waals surface area contributed by atoms with Gasteiger partial charge in [0.1, 0.15) is 0 Å². The highest BCUT2D eigenvalue weighted by Gasteiger charge is 2.17. The van der Waals surface area contributed by atoms with Crippen molar-refractivity contribution in [2.45, 2.75) is 52.1 Å². The number of halogens is 1. The minimum absolute atomic E-state index is 0.0782. The lowest BCUT2D eigenvalue weighted by molar-refractivity contribution is 0.364. The summed E-state index contributed by atoms with van der Waals surface area (Å²) >= 11 is 5.95. The Bertz CT molecular complexity index is 1290. The fourth-order valence-electron chi connectivity index (χ4n) is 3.45. The van der Waals surface area contributed by atoms with E-state index in [1.807, 2.05) is 25.1 Å². The van der Waals surface area contributed by atoms with Gasteiger partial charge in [0.25, 0.3) is 5.56 Å². The zero-order valence-corrected chi connectivity index (χ0v) is 17.9. The van der Waals surface area contributed by atoms with E-state index in [2.05, 4.69) is 32.2 Å². The van der Waals surface area contributed by atoms with Gasteiger partial charge < -0.3 is 9.51 Å². The first-order valence-electron chi connectivity index (χ1n) is 10.3. The number of nitrogens with zero attached hydrogens (tertiary/aromatic N) is 5. The normalized spacial score (nSPS) is 11.4. The summed E-state index contributed by atoms with van der Waals surface area (Å²) in [6.45, 7) is 2.61. The van der Waals surface area contributed by atoms with Crippen LogP contribution in [0.4, 0.5) is 0 Å². The Hall–Kier alpha value is -3.20. The van der Waals surface area contributed by atoms with E-state index < -0.39 is 11.2 Å². The topological polar surface area (TPSA) is 112 Å². The molecule has 162 valence electrons. The molecule has 3 heterocycles. The summed E-state index contributed by atoms with van der Waals surface area (Å²) in [6.07, 6.45) is 3.41. The van der Waals surface area contributed by atoms with Gasteiger partial charge in [-0.05, 0) is 30.0 Å². The Labute approximate surface area is 182 Å². The molecule has 0 saturated heterocycles. The number of imidazole rings is 1. The van der Waals surface area contributed by atoms with E-state index in [0.717, 1.165) is 19.3 Å². The van der Waals surface area contributed by atoms with Gasteiger partial charge >= 0.3 is 5.69 Å². The van der Waals surface area contributed by atoms with E-state index >= 15 is 0 Å². The molecule has 9 nitrogen and oxygen atoms in total. The van der Waals surface area contributed by atoms with Gasteiger partial charge in [-0.2, -0.15) is 9.97 Å². The third kappa shape index (κ3) is 4.61. The third-order valence-corrected chi connectivity index (χ3v) is 5.29. The molecule has 10 heteroatoms. The van der Waals surface area contributed by atoms with Gasteiger partial charge in [-0.15, -0.1) is 0 Å². The van der Waals surface area contributed by atoms with Crippen molar-refractivity contribution in [3.8, 4) is 0 Å².